The van der Waals surface area contributed by atoms with E-state index in [1.54, 1.807) is 6.07 Å². The van der Waals surface area contributed by atoms with E-state index in [0.29, 0.717) is 18.0 Å². The molecule has 20 heavy (non-hydrogen) atoms. The highest BCUT2D eigenvalue weighted by Crippen LogP contribution is 2.28. The summed E-state index contributed by atoms with van der Waals surface area (Å²) in [5, 5.41) is 11.9. The monoisotopic (exact) mass is 284 g/mol. The molecule has 4 N–H and O–H groups in total. The van der Waals surface area contributed by atoms with Gasteiger partial charge < -0.3 is 20.9 Å². The molecule has 0 aliphatic heterocycles. The van der Waals surface area contributed by atoms with Crippen LogP contribution in [-0.2, 0) is 0 Å². The zero-order valence-corrected chi connectivity index (χ0v) is 12.1. The quantitative estimate of drug-likeness (QED) is 0.456. The highest BCUT2D eigenvalue weighted by atomic mass is 19.1. The van der Waals surface area contributed by atoms with Gasteiger partial charge in [-0.05, 0) is 19.3 Å². The van der Waals surface area contributed by atoms with Gasteiger partial charge in [-0.15, -0.1) is 0 Å². The maximum absolute atomic E-state index is 13.6. The number of hydrogen-bond donors (Lipinski definition) is 3. The van der Waals surface area contributed by atoms with Crippen molar-refractivity contribution in [1.29, 1.82) is 0 Å². The van der Waals surface area contributed by atoms with Gasteiger partial charge in [0.2, 0.25) is 0 Å². The number of nitrogens with one attached hydrogen (secondary N) is 1. The number of rotatable bonds is 10. The zero-order valence-electron chi connectivity index (χ0n) is 12.1. The SMILES string of the molecule is CCCOc1cc(NCCCCCCO)c(N)cc1F. The van der Waals surface area contributed by atoms with Crippen LogP contribution in [0.2, 0.25) is 0 Å². The Bertz CT molecular complexity index is 400. The van der Waals surface area contributed by atoms with Crippen LogP contribution in [0.5, 0.6) is 5.75 Å². The van der Waals surface area contributed by atoms with Crippen molar-refractivity contribution in [3.8, 4) is 5.75 Å². The second-order valence-electron chi connectivity index (χ2n) is 4.78. The third-order valence-corrected chi connectivity index (χ3v) is 2.97. The first-order valence-electron chi connectivity index (χ1n) is 7.25. The molecule has 1 aromatic rings. The second-order valence-corrected chi connectivity index (χ2v) is 4.78. The maximum Gasteiger partial charge on any atom is 0.167 e. The molecule has 0 saturated carbocycles. The van der Waals surface area contributed by atoms with Crippen molar-refractivity contribution in [2.75, 3.05) is 30.8 Å². The number of aliphatic hydroxyl groups excluding tert-OH is 1. The van der Waals surface area contributed by atoms with Crippen molar-refractivity contribution < 1.29 is 14.2 Å². The molecule has 0 spiro atoms. The van der Waals surface area contributed by atoms with Crippen LogP contribution in [0, 0.1) is 5.82 Å². The van der Waals surface area contributed by atoms with Gasteiger partial charge in [-0.2, -0.15) is 0 Å². The first kappa shape index (κ1) is 16.6. The van der Waals surface area contributed by atoms with E-state index in [1.165, 1.54) is 6.07 Å². The van der Waals surface area contributed by atoms with Crippen LogP contribution in [0.15, 0.2) is 12.1 Å². The van der Waals surface area contributed by atoms with Gasteiger partial charge in [0.25, 0.3) is 0 Å². The van der Waals surface area contributed by atoms with Gasteiger partial charge in [0.1, 0.15) is 0 Å². The predicted molar refractivity (Wildman–Crippen MR) is 80.6 cm³/mol. The molecule has 0 aliphatic carbocycles. The Morgan fingerprint density at radius 2 is 2.00 bits per heavy atom. The summed E-state index contributed by atoms with van der Waals surface area (Å²) in [5.41, 5.74) is 6.89. The Morgan fingerprint density at radius 3 is 2.70 bits per heavy atom. The average molecular weight is 284 g/mol. The highest BCUT2D eigenvalue weighted by Gasteiger charge is 2.08. The van der Waals surface area contributed by atoms with Crippen molar-refractivity contribution in [2.24, 2.45) is 0 Å². The van der Waals surface area contributed by atoms with E-state index in [9.17, 15) is 4.39 Å². The van der Waals surface area contributed by atoms with E-state index in [0.717, 1.165) is 38.6 Å². The summed E-state index contributed by atoms with van der Waals surface area (Å²) < 4.78 is 19.0. The lowest BCUT2D eigenvalue weighted by atomic mass is 10.2. The van der Waals surface area contributed by atoms with Crippen molar-refractivity contribution in [3.63, 3.8) is 0 Å². The van der Waals surface area contributed by atoms with Crippen molar-refractivity contribution in [3.05, 3.63) is 17.9 Å². The van der Waals surface area contributed by atoms with Crippen LogP contribution in [-0.4, -0.2) is 24.9 Å². The second kappa shape index (κ2) is 9.42. The van der Waals surface area contributed by atoms with E-state index < -0.39 is 5.82 Å². The third-order valence-electron chi connectivity index (χ3n) is 2.97. The summed E-state index contributed by atoms with van der Waals surface area (Å²) in [6, 6.07) is 2.91. The average Bonchev–Trinajstić information content (AvgIpc) is 2.43. The zero-order chi connectivity index (χ0) is 14.8. The van der Waals surface area contributed by atoms with E-state index in [1.807, 2.05) is 6.92 Å². The lowest BCUT2D eigenvalue weighted by Crippen LogP contribution is -2.06. The molecule has 0 heterocycles. The fourth-order valence-electron chi connectivity index (χ4n) is 1.86. The van der Waals surface area contributed by atoms with E-state index in [2.05, 4.69) is 5.32 Å². The Labute approximate surface area is 120 Å². The number of nitrogens with two attached hydrogens (primary N) is 1. The van der Waals surface area contributed by atoms with Crippen LogP contribution >= 0.6 is 0 Å². The molecule has 1 aromatic carbocycles. The van der Waals surface area contributed by atoms with Gasteiger partial charge >= 0.3 is 0 Å². The topological polar surface area (TPSA) is 67.5 Å². The van der Waals surface area contributed by atoms with Crippen molar-refractivity contribution >= 4 is 11.4 Å². The van der Waals surface area contributed by atoms with Crippen LogP contribution < -0.4 is 15.8 Å². The standard InChI is InChI=1S/C15H25FN2O2/c1-2-9-20-15-11-14(13(17)10-12(15)16)18-7-5-3-4-6-8-19/h10-11,18-19H,2-9,17H2,1H3. The van der Waals surface area contributed by atoms with Crippen LogP contribution in [0.4, 0.5) is 15.8 Å². The first-order chi connectivity index (χ1) is 9.69. The minimum atomic E-state index is -0.426. The molecular formula is C15H25FN2O2. The van der Waals surface area contributed by atoms with E-state index >= 15 is 0 Å². The van der Waals surface area contributed by atoms with Crippen molar-refractivity contribution in [2.45, 2.75) is 39.0 Å². The van der Waals surface area contributed by atoms with E-state index in [-0.39, 0.29) is 12.4 Å². The summed E-state index contributed by atoms with van der Waals surface area (Å²) in [6.45, 7) is 3.48. The number of nitrogen functional groups attached to an aromatic ring is 1. The number of benzene rings is 1. The smallest absolute Gasteiger partial charge is 0.167 e. The van der Waals surface area contributed by atoms with Gasteiger partial charge in [0.05, 0.1) is 18.0 Å². The summed E-state index contributed by atoms with van der Waals surface area (Å²) in [5.74, 6) is -0.187. The Kier molecular flexibility index (Phi) is 7.80. The largest absolute Gasteiger partial charge is 0.490 e. The molecule has 0 atom stereocenters. The van der Waals surface area contributed by atoms with Crippen LogP contribution in [0.3, 0.4) is 0 Å². The predicted octanol–water partition coefficient (Wildman–Crippen LogP) is 3.16. The Morgan fingerprint density at radius 1 is 1.25 bits per heavy atom. The number of halogens is 1. The molecule has 0 fully saturated rings. The molecule has 4 nitrogen and oxygen atoms in total. The molecule has 0 saturated heterocycles. The summed E-state index contributed by atoms with van der Waals surface area (Å²) >= 11 is 0. The van der Waals surface area contributed by atoms with Gasteiger partial charge in [-0.1, -0.05) is 19.8 Å². The van der Waals surface area contributed by atoms with Gasteiger partial charge in [0.15, 0.2) is 11.6 Å². The molecule has 0 radical (unpaired) electrons. The number of ether oxygens (including phenoxy) is 1. The lowest BCUT2D eigenvalue weighted by Gasteiger charge is -2.13. The lowest BCUT2D eigenvalue weighted by molar-refractivity contribution is 0.283. The van der Waals surface area contributed by atoms with Crippen molar-refractivity contribution in [1.82, 2.24) is 0 Å². The first-order valence-corrected chi connectivity index (χ1v) is 7.25. The Hall–Kier alpha value is -1.49. The fourth-order valence-corrected chi connectivity index (χ4v) is 1.86. The number of aliphatic hydroxyl groups is 1. The minimum Gasteiger partial charge on any atom is -0.490 e. The van der Waals surface area contributed by atoms with Crippen LogP contribution in [0.1, 0.15) is 39.0 Å². The molecular weight excluding hydrogens is 259 g/mol. The molecule has 0 bridgehead atoms. The number of unbranched alkanes of at least 4 members (excludes halogenated alkanes) is 3. The van der Waals surface area contributed by atoms with Gasteiger partial charge in [0, 0.05) is 25.3 Å². The summed E-state index contributed by atoms with van der Waals surface area (Å²) in [4.78, 5) is 0. The van der Waals surface area contributed by atoms with Crippen LogP contribution in [0.25, 0.3) is 0 Å². The normalized spacial score (nSPS) is 10.6. The summed E-state index contributed by atoms with van der Waals surface area (Å²) in [7, 11) is 0. The highest BCUT2D eigenvalue weighted by molar-refractivity contribution is 5.68. The number of hydrogen-bond acceptors (Lipinski definition) is 4. The summed E-state index contributed by atoms with van der Waals surface area (Å²) in [6.07, 6.45) is 4.73. The fraction of sp³-hybridized carbons (Fsp3) is 0.600. The van der Waals surface area contributed by atoms with Gasteiger partial charge in [-0.3, -0.25) is 0 Å². The molecule has 1 rings (SSSR count). The van der Waals surface area contributed by atoms with Gasteiger partial charge in [-0.25, -0.2) is 4.39 Å². The molecule has 0 aliphatic rings. The molecule has 0 unspecified atom stereocenters. The molecule has 0 amide bonds. The van der Waals surface area contributed by atoms with E-state index in [4.69, 9.17) is 15.6 Å². The molecule has 0 aromatic heterocycles. The number of anilines is 2. The minimum absolute atomic E-state index is 0.240. The third kappa shape index (κ3) is 5.65. The maximum atomic E-state index is 13.6. The molecule has 114 valence electrons. The molecule has 5 heteroatoms. The Balaban J connectivity index is 2.47.